The molecule has 4 nitrogen and oxygen atoms in total. The van der Waals surface area contributed by atoms with E-state index in [4.69, 9.17) is 4.74 Å². The first-order chi connectivity index (χ1) is 9.80. The van der Waals surface area contributed by atoms with Gasteiger partial charge in [-0.05, 0) is 37.5 Å². The normalized spacial score (nSPS) is 10.7. The molecule has 0 saturated carbocycles. The van der Waals surface area contributed by atoms with Crippen LogP contribution in [0.5, 0.6) is 5.75 Å². The second-order valence-corrected chi connectivity index (χ2v) is 4.64. The molecule has 0 aliphatic heterocycles. The van der Waals surface area contributed by atoms with Crippen molar-refractivity contribution in [1.82, 2.24) is 10.6 Å². The number of methoxy groups -OCH3 is 1. The molecule has 21 heavy (non-hydrogen) atoms. The highest BCUT2D eigenvalue weighted by Crippen LogP contribution is 2.12. The summed E-state index contributed by atoms with van der Waals surface area (Å²) in [4.78, 5) is 4.54. The summed E-state index contributed by atoms with van der Waals surface area (Å²) >= 11 is 0. The van der Waals surface area contributed by atoms with Gasteiger partial charge in [-0.2, -0.15) is 0 Å². The minimum atomic E-state index is 0. The zero-order chi connectivity index (χ0) is 14.6. The summed E-state index contributed by atoms with van der Waals surface area (Å²) in [5.74, 6) is 1.81. The highest BCUT2D eigenvalue weighted by atomic mass is 127. The fourth-order valence-electron chi connectivity index (χ4n) is 1.84. The highest BCUT2D eigenvalue weighted by Gasteiger charge is 1.99. The Morgan fingerprint density at radius 1 is 1.24 bits per heavy atom. The van der Waals surface area contributed by atoms with Crippen LogP contribution in [0.4, 0.5) is 0 Å². The Hall–Kier alpha value is -0.980. The molecule has 0 aliphatic carbocycles. The molecule has 120 valence electrons. The van der Waals surface area contributed by atoms with E-state index in [1.165, 1.54) is 12.0 Å². The summed E-state index contributed by atoms with van der Waals surface area (Å²) < 4.78 is 5.23. The summed E-state index contributed by atoms with van der Waals surface area (Å²) in [6.45, 7) is 6.89. The van der Waals surface area contributed by atoms with Crippen molar-refractivity contribution in [3.63, 3.8) is 0 Å². The smallest absolute Gasteiger partial charge is 0.191 e. The number of rotatable bonds is 8. The van der Waals surface area contributed by atoms with E-state index in [0.717, 1.165) is 44.2 Å². The van der Waals surface area contributed by atoms with Gasteiger partial charge >= 0.3 is 0 Å². The fourth-order valence-corrected chi connectivity index (χ4v) is 1.84. The second-order valence-electron chi connectivity index (χ2n) is 4.64. The molecule has 0 atom stereocenters. The minimum absolute atomic E-state index is 0. The van der Waals surface area contributed by atoms with Gasteiger partial charge in [-0.1, -0.05) is 25.5 Å². The van der Waals surface area contributed by atoms with Gasteiger partial charge < -0.3 is 15.4 Å². The molecule has 0 aromatic heterocycles. The standard InChI is InChI=1S/C16H27N3O.HI/c1-4-6-11-18-16(17-5-2)19-12-10-14-8-7-9-15(13-14)20-3;/h7-9,13H,4-6,10-12H2,1-3H3,(H2,17,18,19);1H. The molecule has 1 rings (SSSR count). The Morgan fingerprint density at radius 3 is 2.71 bits per heavy atom. The predicted molar refractivity (Wildman–Crippen MR) is 101 cm³/mol. The van der Waals surface area contributed by atoms with E-state index in [9.17, 15) is 0 Å². The van der Waals surface area contributed by atoms with Crippen LogP contribution < -0.4 is 15.4 Å². The first-order valence-corrected chi connectivity index (χ1v) is 7.45. The predicted octanol–water partition coefficient (Wildman–Crippen LogP) is 3.21. The topological polar surface area (TPSA) is 45.7 Å². The van der Waals surface area contributed by atoms with Crippen LogP contribution >= 0.6 is 24.0 Å². The number of halogens is 1. The Balaban J connectivity index is 0.00000400. The van der Waals surface area contributed by atoms with Gasteiger partial charge in [-0.3, -0.25) is 4.99 Å². The van der Waals surface area contributed by atoms with Crippen LogP contribution in [0.3, 0.4) is 0 Å². The van der Waals surface area contributed by atoms with Gasteiger partial charge in [0.2, 0.25) is 0 Å². The first-order valence-electron chi connectivity index (χ1n) is 7.45. The van der Waals surface area contributed by atoms with Crippen LogP contribution in [0.15, 0.2) is 29.3 Å². The number of guanidine groups is 1. The van der Waals surface area contributed by atoms with E-state index in [1.54, 1.807) is 7.11 Å². The summed E-state index contributed by atoms with van der Waals surface area (Å²) in [7, 11) is 1.70. The van der Waals surface area contributed by atoms with Crippen molar-refractivity contribution >= 4 is 29.9 Å². The van der Waals surface area contributed by atoms with Crippen LogP contribution in [0, 0.1) is 0 Å². The quantitative estimate of drug-likeness (QED) is 0.302. The molecular formula is C16H28IN3O. The van der Waals surface area contributed by atoms with Gasteiger partial charge in [0.25, 0.3) is 0 Å². The molecule has 1 aromatic carbocycles. The Morgan fingerprint density at radius 2 is 2.05 bits per heavy atom. The van der Waals surface area contributed by atoms with Gasteiger partial charge in [0, 0.05) is 19.6 Å². The van der Waals surface area contributed by atoms with Crippen LogP contribution in [0.1, 0.15) is 32.3 Å². The number of ether oxygens (including phenoxy) is 1. The maximum Gasteiger partial charge on any atom is 0.191 e. The highest BCUT2D eigenvalue weighted by molar-refractivity contribution is 14.0. The molecule has 0 aliphatic rings. The Kier molecular flexibility index (Phi) is 12.1. The zero-order valence-corrected chi connectivity index (χ0v) is 15.6. The van der Waals surface area contributed by atoms with Gasteiger partial charge in [0.1, 0.15) is 5.75 Å². The molecular weight excluding hydrogens is 377 g/mol. The first kappa shape index (κ1) is 20.0. The average Bonchev–Trinajstić information content (AvgIpc) is 2.48. The third-order valence-corrected chi connectivity index (χ3v) is 2.97. The van der Waals surface area contributed by atoms with Crippen molar-refractivity contribution in [2.45, 2.75) is 33.1 Å². The van der Waals surface area contributed by atoms with Crippen molar-refractivity contribution in [2.75, 3.05) is 26.7 Å². The molecule has 2 N–H and O–H groups in total. The van der Waals surface area contributed by atoms with Crippen LogP contribution in [0.2, 0.25) is 0 Å². The second kappa shape index (κ2) is 12.7. The van der Waals surface area contributed by atoms with Crippen molar-refractivity contribution < 1.29 is 4.74 Å². The molecule has 0 saturated heterocycles. The molecule has 0 spiro atoms. The number of nitrogens with one attached hydrogen (secondary N) is 2. The maximum atomic E-state index is 5.23. The number of hydrogen-bond acceptors (Lipinski definition) is 2. The van der Waals surface area contributed by atoms with Gasteiger partial charge in [0.15, 0.2) is 5.96 Å². The Bertz CT molecular complexity index is 410. The van der Waals surface area contributed by atoms with E-state index in [-0.39, 0.29) is 24.0 Å². The molecule has 0 heterocycles. The zero-order valence-electron chi connectivity index (χ0n) is 13.3. The lowest BCUT2D eigenvalue weighted by atomic mass is 10.1. The number of aliphatic imine (C=N–C) groups is 1. The molecule has 1 aromatic rings. The summed E-state index contributed by atoms with van der Waals surface area (Å²) in [5, 5.41) is 6.63. The van der Waals surface area contributed by atoms with E-state index in [1.807, 2.05) is 12.1 Å². The number of nitrogens with zero attached hydrogens (tertiary/aromatic N) is 1. The molecule has 5 heteroatoms. The molecule has 0 amide bonds. The number of hydrogen-bond donors (Lipinski definition) is 2. The maximum absolute atomic E-state index is 5.23. The average molecular weight is 405 g/mol. The van der Waals surface area contributed by atoms with Crippen LogP contribution in [-0.4, -0.2) is 32.7 Å². The summed E-state index contributed by atoms with van der Waals surface area (Å²) in [6, 6.07) is 8.18. The molecule has 0 bridgehead atoms. The minimum Gasteiger partial charge on any atom is -0.497 e. The number of unbranched alkanes of at least 4 members (excludes halogenated alkanes) is 1. The van der Waals surface area contributed by atoms with Crippen LogP contribution in [-0.2, 0) is 6.42 Å². The van der Waals surface area contributed by atoms with Gasteiger partial charge in [-0.15, -0.1) is 24.0 Å². The third kappa shape index (κ3) is 8.80. The van der Waals surface area contributed by atoms with Crippen molar-refractivity contribution in [1.29, 1.82) is 0 Å². The van der Waals surface area contributed by atoms with E-state index in [2.05, 4.69) is 41.6 Å². The molecule has 0 radical (unpaired) electrons. The van der Waals surface area contributed by atoms with Gasteiger partial charge in [-0.25, -0.2) is 0 Å². The lowest BCUT2D eigenvalue weighted by Crippen LogP contribution is -2.38. The number of benzene rings is 1. The van der Waals surface area contributed by atoms with E-state index >= 15 is 0 Å². The van der Waals surface area contributed by atoms with E-state index in [0.29, 0.717) is 0 Å². The molecule has 0 fully saturated rings. The lowest BCUT2D eigenvalue weighted by molar-refractivity contribution is 0.414. The largest absolute Gasteiger partial charge is 0.497 e. The third-order valence-electron chi connectivity index (χ3n) is 2.97. The fraction of sp³-hybridized carbons (Fsp3) is 0.562. The summed E-state index contributed by atoms with van der Waals surface area (Å²) in [5.41, 5.74) is 1.27. The SMILES string of the molecule is CCCCN=C(NCC)NCCc1cccc(OC)c1.I. The monoisotopic (exact) mass is 405 g/mol. The molecule has 0 unspecified atom stereocenters. The lowest BCUT2D eigenvalue weighted by Gasteiger charge is -2.11. The van der Waals surface area contributed by atoms with Crippen molar-refractivity contribution in [3.8, 4) is 5.75 Å². The van der Waals surface area contributed by atoms with E-state index < -0.39 is 0 Å². The Labute approximate surface area is 145 Å². The van der Waals surface area contributed by atoms with Crippen LogP contribution in [0.25, 0.3) is 0 Å². The van der Waals surface area contributed by atoms with Crippen molar-refractivity contribution in [3.05, 3.63) is 29.8 Å². The summed E-state index contributed by atoms with van der Waals surface area (Å²) in [6.07, 6.45) is 3.26. The van der Waals surface area contributed by atoms with Crippen molar-refractivity contribution in [2.24, 2.45) is 4.99 Å². The van der Waals surface area contributed by atoms with Gasteiger partial charge in [0.05, 0.1) is 7.11 Å².